The lowest BCUT2D eigenvalue weighted by molar-refractivity contribution is 0.166. The second kappa shape index (κ2) is 7.41. The van der Waals surface area contributed by atoms with Crippen molar-refractivity contribution in [1.82, 2.24) is 14.5 Å². The summed E-state index contributed by atoms with van der Waals surface area (Å²) in [5, 5.41) is 8.85. The molecule has 1 saturated heterocycles. The molecule has 0 radical (unpaired) electrons. The van der Waals surface area contributed by atoms with Crippen LogP contribution in [0.15, 0.2) is 41.6 Å². The van der Waals surface area contributed by atoms with Gasteiger partial charge in [0.25, 0.3) is 5.56 Å². The zero-order valence-corrected chi connectivity index (χ0v) is 14.0. The molecule has 124 valence electrons. The van der Waals surface area contributed by atoms with Gasteiger partial charge in [-0.1, -0.05) is 12.1 Å². The molecular weight excluding hydrogens is 300 g/mol. The van der Waals surface area contributed by atoms with E-state index in [9.17, 15) is 4.79 Å². The molecule has 0 atom stereocenters. The van der Waals surface area contributed by atoms with Crippen LogP contribution in [0.5, 0.6) is 0 Å². The van der Waals surface area contributed by atoms with Crippen molar-refractivity contribution >= 4 is 0 Å². The van der Waals surface area contributed by atoms with E-state index in [1.165, 1.54) is 5.56 Å². The molecule has 5 heteroatoms. The van der Waals surface area contributed by atoms with Gasteiger partial charge in [0.1, 0.15) is 0 Å². The number of aryl methyl sites for hydroxylation is 1. The molecule has 0 spiro atoms. The van der Waals surface area contributed by atoms with Crippen LogP contribution in [0, 0.1) is 24.2 Å². The second-order valence-electron chi connectivity index (χ2n) is 6.56. The van der Waals surface area contributed by atoms with E-state index in [0.717, 1.165) is 39.0 Å². The van der Waals surface area contributed by atoms with Crippen molar-refractivity contribution in [2.24, 2.45) is 5.92 Å². The first kappa shape index (κ1) is 16.4. The lowest BCUT2D eigenvalue weighted by Gasteiger charge is -2.32. The third-order valence-corrected chi connectivity index (χ3v) is 4.72. The Labute approximate surface area is 142 Å². The Morgan fingerprint density at radius 3 is 2.62 bits per heavy atom. The fourth-order valence-corrected chi connectivity index (χ4v) is 3.24. The summed E-state index contributed by atoms with van der Waals surface area (Å²) < 4.78 is 1.75. The molecule has 0 bridgehead atoms. The number of hydrogen-bond acceptors (Lipinski definition) is 4. The molecule has 24 heavy (non-hydrogen) atoms. The molecule has 0 amide bonds. The summed E-state index contributed by atoms with van der Waals surface area (Å²) in [5.74, 6) is 0.531. The molecule has 1 aromatic heterocycles. The lowest BCUT2D eigenvalue weighted by atomic mass is 9.96. The fraction of sp³-hybridized carbons (Fsp3) is 0.421. The number of aromatic nitrogens is 2. The maximum Gasteiger partial charge on any atom is 0.256 e. The van der Waals surface area contributed by atoms with Gasteiger partial charge in [-0.25, -0.2) is 4.98 Å². The van der Waals surface area contributed by atoms with Crippen LogP contribution >= 0.6 is 0 Å². The molecule has 0 unspecified atom stereocenters. The van der Waals surface area contributed by atoms with Crippen LogP contribution < -0.4 is 5.56 Å². The normalized spacial score (nSPS) is 16.0. The van der Waals surface area contributed by atoms with Crippen molar-refractivity contribution < 1.29 is 0 Å². The van der Waals surface area contributed by atoms with Crippen LogP contribution in [0.4, 0.5) is 0 Å². The van der Waals surface area contributed by atoms with Crippen LogP contribution in [-0.2, 0) is 13.1 Å². The smallest absolute Gasteiger partial charge is 0.256 e. The highest BCUT2D eigenvalue weighted by Crippen LogP contribution is 2.20. The predicted molar refractivity (Wildman–Crippen MR) is 92.4 cm³/mol. The summed E-state index contributed by atoms with van der Waals surface area (Å²) in [6.45, 7) is 5.58. The minimum absolute atomic E-state index is 0.0741. The Kier molecular flexibility index (Phi) is 5.07. The van der Waals surface area contributed by atoms with Gasteiger partial charge in [0.15, 0.2) is 0 Å². The van der Waals surface area contributed by atoms with Crippen molar-refractivity contribution in [1.29, 1.82) is 5.26 Å². The van der Waals surface area contributed by atoms with Crippen molar-refractivity contribution in [3.8, 4) is 6.07 Å². The molecule has 1 aliphatic heterocycles. The van der Waals surface area contributed by atoms with Crippen molar-refractivity contribution in [2.45, 2.75) is 32.9 Å². The summed E-state index contributed by atoms with van der Waals surface area (Å²) in [4.78, 5) is 18.7. The molecule has 1 fully saturated rings. The first-order valence-electron chi connectivity index (χ1n) is 8.38. The molecular formula is C19H22N4O. The van der Waals surface area contributed by atoms with E-state index in [2.05, 4.69) is 16.0 Å². The summed E-state index contributed by atoms with van der Waals surface area (Å²) in [5.41, 5.74) is 2.72. The molecule has 2 heterocycles. The van der Waals surface area contributed by atoms with Crippen LogP contribution in [0.1, 0.15) is 29.5 Å². The summed E-state index contributed by atoms with van der Waals surface area (Å²) in [6.07, 6.45) is 5.46. The Morgan fingerprint density at radius 2 is 1.96 bits per heavy atom. The fourth-order valence-electron chi connectivity index (χ4n) is 3.24. The maximum absolute atomic E-state index is 12.1. The Bertz CT molecular complexity index is 780. The molecule has 0 saturated carbocycles. The van der Waals surface area contributed by atoms with Gasteiger partial charge in [-0.3, -0.25) is 14.3 Å². The summed E-state index contributed by atoms with van der Waals surface area (Å²) in [7, 11) is 0. The van der Waals surface area contributed by atoms with Gasteiger partial charge >= 0.3 is 0 Å². The van der Waals surface area contributed by atoms with E-state index in [-0.39, 0.29) is 5.56 Å². The standard InChI is InChI=1S/C19H22N4O/c1-15-11-21-14-23(19(15)24)13-18-6-8-22(9-7-18)12-17-4-2-16(10-20)3-5-17/h2-5,11,14,18H,6-9,12-13H2,1H3. The molecule has 3 rings (SSSR count). The van der Waals surface area contributed by atoms with Crippen molar-refractivity contribution in [3.63, 3.8) is 0 Å². The molecule has 5 nitrogen and oxygen atoms in total. The van der Waals surface area contributed by atoms with Crippen LogP contribution in [0.3, 0.4) is 0 Å². The van der Waals surface area contributed by atoms with Gasteiger partial charge in [0.05, 0.1) is 18.0 Å². The minimum Gasteiger partial charge on any atom is -0.299 e. The maximum atomic E-state index is 12.1. The molecule has 0 aliphatic carbocycles. The zero-order chi connectivity index (χ0) is 16.9. The number of benzene rings is 1. The van der Waals surface area contributed by atoms with Crippen LogP contribution in [0.25, 0.3) is 0 Å². The first-order chi connectivity index (χ1) is 11.7. The van der Waals surface area contributed by atoms with E-state index < -0.39 is 0 Å². The third-order valence-electron chi connectivity index (χ3n) is 4.72. The number of hydrogen-bond donors (Lipinski definition) is 0. The highest BCUT2D eigenvalue weighted by Gasteiger charge is 2.20. The number of rotatable bonds is 4. The quantitative estimate of drug-likeness (QED) is 0.867. The first-order valence-corrected chi connectivity index (χ1v) is 8.38. The number of likely N-dealkylation sites (tertiary alicyclic amines) is 1. The average molecular weight is 322 g/mol. The SMILES string of the molecule is Cc1cncn(CC2CCN(Cc3ccc(C#N)cc3)CC2)c1=O. The number of nitrogens with zero attached hydrogens (tertiary/aromatic N) is 4. The van der Waals surface area contributed by atoms with Gasteiger partial charge in [-0.05, 0) is 56.5 Å². The van der Waals surface area contributed by atoms with Crippen LogP contribution in [0.2, 0.25) is 0 Å². The van der Waals surface area contributed by atoms with E-state index >= 15 is 0 Å². The van der Waals surface area contributed by atoms with E-state index in [1.54, 1.807) is 17.1 Å². The minimum atomic E-state index is 0.0741. The van der Waals surface area contributed by atoms with Crippen LogP contribution in [-0.4, -0.2) is 27.5 Å². The van der Waals surface area contributed by atoms with E-state index in [0.29, 0.717) is 17.0 Å². The molecule has 1 aliphatic rings. The predicted octanol–water partition coefficient (Wildman–Crippen LogP) is 2.34. The Balaban J connectivity index is 1.53. The molecule has 2 aromatic rings. The highest BCUT2D eigenvalue weighted by molar-refractivity contribution is 5.31. The highest BCUT2D eigenvalue weighted by atomic mass is 16.1. The average Bonchev–Trinajstić information content (AvgIpc) is 2.61. The monoisotopic (exact) mass is 322 g/mol. The zero-order valence-electron chi connectivity index (χ0n) is 14.0. The largest absolute Gasteiger partial charge is 0.299 e. The van der Waals surface area contributed by atoms with Gasteiger partial charge in [-0.2, -0.15) is 5.26 Å². The van der Waals surface area contributed by atoms with E-state index in [4.69, 9.17) is 5.26 Å². The summed E-state index contributed by atoms with van der Waals surface area (Å²) >= 11 is 0. The van der Waals surface area contributed by atoms with Gasteiger partial charge < -0.3 is 0 Å². The van der Waals surface area contributed by atoms with Gasteiger partial charge in [0, 0.05) is 24.8 Å². The topological polar surface area (TPSA) is 61.9 Å². The summed E-state index contributed by atoms with van der Waals surface area (Å²) in [6, 6.07) is 9.96. The van der Waals surface area contributed by atoms with Crippen molar-refractivity contribution in [3.05, 3.63) is 63.8 Å². The Morgan fingerprint density at radius 1 is 1.25 bits per heavy atom. The molecule has 0 N–H and O–H groups in total. The second-order valence-corrected chi connectivity index (χ2v) is 6.56. The third kappa shape index (κ3) is 3.90. The number of nitriles is 1. The Hall–Kier alpha value is -2.45. The van der Waals surface area contributed by atoms with E-state index in [1.807, 2.05) is 31.2 Å². The van der Waals surface area contributed by atoms with Gasteiger partial charge in [-0.15, -0.1) is 0 Å². The number of piperidine rings is 1. The van der Waals surface area contributed by atoms with Gasteiger partial charge in [0.2, 0.25) is 0 Å². The lowest BCUT2D eigenvalue weighted by Crippen LogP contribution is -2.36. The molecule has 1 aromatic carbocycles. The van der Waals surface area contributed by atoms with Crippen molar-refractivity contribution in [2.75, 3.05) is 13.1 Å².